The summed E-state index contributed by atoms with van der Waals surface area (Å²) >= 11 is 0. The van der Waals surface area contributed by atoms with Gasteiger partial charge in [0.1, 0.15) is 0 Å². The monoisotopic (exact) mass is 554 g/mol. The molecular weight excluding hydrogens is 512 g/mol. The predicted molar refractivity (Wildman–Crippen MR) is 144 cm³/mol. The summed E-state index contributed by atoms with van der Waals surface area (Å²) in [7, 11) is 0.567. The molecule has 1 unspecified atom stereocenters. The number of aliphatic carboxylic acids is 1. The van der Waals surface area contributed by atoms with Crippen molar-refractivity contribution < 1.29 is 32.6 Å². The standard InChI is InChI=1S/C26H42N4O7S/c1-5-6-13-29(14-7-12-28(2)3)24(31)17-30-16-20(19-8-9-22-23(15-19)37-18-36-22)25(26(32)33)21(30)10-11-27-38(4,34)35/h8-9,15,20-21,25,27H,5-7,10-14,16-18H2,1-4H3,(H,32,33)/t20-,21+,25?/m1/s1. The molecule has 214 valence electrons. The van der Waals surface area contributed by atoms with Crippen LogP contribution in [0, 0.1) is 5.92 Å². The summed E-state index contributed by atoms with van der Waals surface area (Å²) in [6.07, 6.45) is 4.06. The topological polar surface area (TPSA) is 129 Å². The van der Waals surface area contributed by atoms with Crippen molar-refractivity contribution in [3.8, 4) is 11.5 Å². The maximum absolute atomic E-state index is 13.5. The van der Waals surface area contributed by atoms with E-state index in [0.717, 1.165) is 37.6 Å². The van der Waals surface area contributed by atoms with Crippen molar-refractivity contribution in [2.75, 3.05) is 66.4 Å². The molecule has 1 aromatic rings. The summed E-state index contributed by atoms with van der Waals surface area (Å²) in [5.74, 6) is -1.03. The smallest absolute Gasteiger partial charge is 0.308 e. The molecule has 1 fully saturated rings. The zero-order chi connectivity index (χ0) is 27.9. The quantitative estimate of drug-likeness (QED) is 0.331. The van der Waals surface area contributed by atoms with Gasteiger partial charge in [0, 0.05) is 38.1 Å². The van der Waals surface area contributed by atoms with Gasteiger partial charge in [-0.25, -0.2) is 13.1 Å². The lowest BCUT2D eigenvalue weighted by Crippen LogP contribution is -2.46. The Hall–Kier alpha value is -2.41. The SMILES string of the molecule is CCCCN(CCCN(C)C)C(=O)CN1C[C@H](c2ccc3c(c2)OCO3)C(C(=O)O)[C@@H]1CCNS(C)(=O)=O. The van der Waals surface area contributed by atoms with Crippen molar-refractivity contribution in [2.24, 2.45) is 5.92 Å². The molecule has 38 heavy (non-hydrogen) atoms. The number of carbonyl (C=O) groups is 2. The summed E-state index contributed by atoms with van der Waals surface area (Å²) in [6.45, 7) is 4.91. The third kappa shape index (κ3) is 8.29. The summed E-state index contributed by atoms with van der Waals surface area (Å²) in [6, 6.07) is 4.92. The average molecular weight is 555 g/mol. The van der Waals surface area contributed by atoms with Gasteiger partial charge in [0.15, 0.2) is 11.5 Å². The molecule has 12 heteroatoms. The van der Waals surface area contributed by atoms with E-state index in [1.54, 1.807) is 6.07 Å². The van der Waals surface area contributed by atoms with E-state index in [2.05, 4.69) is 16.5 Å². The van der Waals surface area contributed by atoms with Gasteiger partial charge in [-0.2, -0.15) is 0 Å². The zero-order valence-electron chi connectivity index (χ0n) is 22.9. The second-order valence-corrected chi connectivity index (χ2v) is 12.3. The van der Waals surface area contributed by atoms with Crippen molar-refractivity contribution >= 4 is 21.9 Å². The van der Waals surface area contributed by atoms with Crippen molar-refractivity contribution in [1.82, 2.24) is 19.4 Å². The van der Waals surface area contributed by atoms with Crippen LogP contribution in [-0.2, 0) is 19.6 Å². The number of likely N-dealkylation sites (tertiary alicyclic amines) is 1. The molecule has 0 saturated carbocycles. The Morgan fingerprint density at radius 1 is 1.13 bits per heavy atom. The lowest BCUT2D eigenvalue weighted by atomic mass is 9.84. The van der Waals surface area contributed by atoms with Crippen LogP contribution in [0.5, 0.6) is 11.5 Å². The fourth-order valence-corrected chi connectivity index (χ4v) is 5.78. The van der Waals surface area contributed by atoms with Gasteiger partial charge in [-0.1, -0.05) is 19.4 Å². The van der Waals surface area contributed by atoms with Crippen LogP contribution in [0.15, 0.2) is 18.2 Å². The summed E-state index contributed by atoms with van der Waals surface area (Å²) < 4.78 is 36.8. The van der Waals surface area contributed by atoms with Gasteiger partial charge >= 0.3 is 5.97 Å². The van der Waals surface area contributed by atoms with E-state index >= 15 is 0 Å². The Balaban J connectivity index is 1.83. The fourth-order valence-electron chi connectivity index (χ4n) is 5.29. The number of carboxylic acid groups (broad SMARTS) is 1. The first-order valence-corrected chi connectivity index (χ1v) is 15.1. The Morgan fingerprint density at radius 3 is 2.50 bits per heavy atom. The van der Waals surface area contributed by atoms with Gasteiger partial charge in [-0.05, 0) is 57.6 Å². The first-order chi connectivity index (χ1) is 18.0. The van der Waals surface area contributed by atoms with Gasteiger partial charge in [0.05, 0.1) is 18.7 Å². The van der Waals surface area contributed by atoms with Crippen LogP contribution < -0.4 is 14.2 Å². The molecule has 11 nitrogen and oxygen atoms in total. The van der Waals surface area contributed by atoms with Crippen LogP contribution in [-0.4, -0.2) is 113 Å². The van der Waals surface area contributed by atoms with Gasteiger partial charge in [-0.15, -0.1) is 0 Å². The minimum atomic E-state index is -3.43. The number of benzene rings is 1. The minimum Gasteiger partial charge on any atom is -0.481 e. The van der Waals surface area contributed by atoms with E-state index in [0.29, 0.717) is 31.1 Å². The van der Waals surface area contributed by atoms with Crippen LogP contribution in [0.2, 0.25) is 0 Å². The third-order valence-electron chi connectivity index (χ3n) is 7.17. The first-order valence-electron chi connectivity index (χ1n) is 13.2. The van der Waals surface area contributed by atoms with Crippen LogP contribution in [0.3, 0.4) is 0 Å². The summed E-state index contributed by atoms with van der Waals surface area (Å²) in [5.41, 5.74) is 0.798. The molecule has 2 N–H and O–H groups in total. The van der Waals surface area contributed by atoms with Gasteiger partial charge < -0.3 is 24.4 Å². The van der Waals surface area contributed by atoms with E-state index < -0.39 is 33.9 Å². The summed E-state index contributed by atoms with van der Waals surface area (Å²) in [5, 5.41) is 10.3. The Morgan fingerprint density at radius 2 is 1.84 bits per heavy atom. The molecular formula is C26H42N4O7S. The molecule has 2 heterocycles. The number of nitrogens with zero attached hydrogens (tertiary/aromatic N) is 3. The number of fused-ring (bicyclic) bond motifs is 1. The van der Waals surface area contributed by atoms with E-state index in [1.807, 2.05) is 36.0 Å². The maximum Gasteiger partial charge on any atom is 0.308 e. The average Bonchev–Trinajstić information content (AvgIpc) is 3.44. The number of sulfonamides is 1. The molecule has 3 rings (SSSR count). The number of hydrogen-bond acceptors (Lipinski definition) is 8. The minimum absolute atomic E-state index is 0.0336. The second kappa shape index (κ2) is 13.6. The number of nitrogens with one attached hydrogen (secondary N) is 1. The van der Waals surface area contributed by atoms with Crippen molar-refractivity contribution in [3.05, 3.63) is 23.8 Å². The molecule has 0 radical (unpaired) electrons. The molecule has 3 atom stereocenters. The second-order valence-electron chi connectivity index (χ2n) is 10.4. The maximum atomic E-state index is 13.5. The Kier molecular flexibility index (Phi) is 10.8. The van der Waals surface area contributed by atoms with Crippen LogP contribution >= 0.6 is 0 Å². The Bertz CT molecular complexity index is 1070. The Labute approximate surface area is 226 Å². The van der Waals surface area contributed by atoms with Gasteiger partial charge in [0.25, 0.3) is 0 Å². The highest BCUT2D eigenvalue weighted by atomic mass is 32.2. The van der Waals surface area contributed by atoms with Crippen molar-refractivity contribution in [1.29, 1.82) is 0 Å². The molecule has 0 bridgehead atoms. The molecule has 0 aliphatic carbocycles. The molecule has 2 aliphatic heterocycles. The van der Waals surface area contributed by atoms with Crippen molar-refractivity contribution in [2.45, 2.75) is 44.6 Å². The number of unbranched alkanes of at least 4 members (excludes halogenated alkanes) is 1. The molecule has 1 amide bonds. The zero-order valence-corrected chi connectivity index (χ0v) is 23.7. The van der Waals surface area contributed by atoms with E-state index in [4.69, 9.17) is 9.47 Å². The number of amides is 1. The molecule has 2 aliphatic rings. The number of carbonyl (C=O) groups excluding carboxylic acids is 1. The molecule has 1 aromatic carbocycles. The van der Waals surface area contributed by atoms with Crippen LogP contribution in [0.25, 0.3) is 0 Å². The number of hydrogen-bond donors (Lipinski definition) is 2. The van der Waals surface area contributed by atoms with Crippen molar-refractivity contribution in [3.63, 3.8) is 0 Å². The highest BCUT2D eigenvalue weighted by Gasteiger charge is 2.47. The normalized spacial score (nSPS) is 21.2. The van der Waals surface area contributed by atoms with Crippen LogP contribution in [0.1, 0.15) is 44.1 Å². The highest BCUT2D eigenvalue weighted by Crippen LogP contribution is 2.42. The number of rotatable bonds is 15. The van der Waals surface area contributed by atoms with E-state index in [-0.39, 0.29) is 32.2 Å². The van der Waals surface area contributed by atoms with E-state index in [9.17, 15) is 23.1 Å². The third-order valence-corrected chi connectivity index (χ3v) is 7.90. The molecule has 0 aromatic heterocycles. The number of carboxylic acids is 1. The van der Waals surface area contributed by atoms with E-state index in [1.165, 1.54) is 0 Å². The van der Waals surface area contributed by atoms with Crippen LogP contribution in [0.4, 0.5) is 0 Å². The first kappa shape index (κ1) is 30.1. The lowest BCUT2D eigenvalue weighted by molar-refractivity contribution is -0.143. The molecule has 0 spiro atoms. The molecule has 1 saturated heterocycles. The largest absolute Gasteiger partial charge is 0.481 e. The van der Waals surface area contributed by atoms with Gasteiger partial charge in [-0.3, -0.25) is 14.5 Å². The lowest BCUT2D eigenvalue weighted by Gasteiger charge is -2.30. The summed E-state index contributed by atoms with van der Waals surface area (Å²) in [4.78, 5) is 32.0. The highest BCUT2D eigenvalue weighted by molar-refractivity contribution is 7.88. The predicted octanol–water partition coefficient (Wildman–Crippen LogP) is 1.40. The fraction of sp³-hybridized carbons (Fsp3) is 0.692. The number of ether oxygens (including phenoxy) is 2. The van der Waals surface area contributed by atoms with Gasteiger partial charge in [0.2, 0.25) is 22.7 Å².